The van der Waals surface area contributed by atoms with Crippen LogP contribution in [-0.4, -0.2) is 41.5 Å². The number of rotatable bonds is 5. The highest BCUT2D eigenvalue weighted by Gasteiger charge is 2.37. The fourth-order valence-electron chi connectivity index (χ4n) is 9.15. The van der Waals surface area contributed by atoms with Gasteiger partial charge in [-0.3, -0.25) is 0 Å². The number of hydrogen-bond acceptors (Lipinski definition) is 9. The van der Waals surface area contributed by atoms with E-state index >= 15 is 13.2 Å². The molecule has 10 aromatic rings. The zero-order chi connectivity index (χ0) is 45.9. The van der Waals surface area contributed by atoms with Gasteiger partial charge in [-0.1, -0.05) is 60.7 Å². The Morgan fingerprint density at radius 1 is 0.500 bits per heavy atom. The van der Waals surface area contributed by atoms with Gasteiger partial charge in [0.2, 0.25) is 0 Å². The van der Waals surface area contributed by atoms with Crippen LogP contribution >= 0.6 is 0 Å². The minimum absolute atomic E-state index is 0.125. The van der Waals surface area contributed by atoms with Crippen molar-refractivity contribution in [1.82, 2.24) is 39.7 Å². The summed E-state index contributed by atoms with van der Waals surface area (Å²) in [7, 11) is 0. The van der Waals surface area contributed by atoms with Crippen LogP contribution in [0.1, 0.15) is 11.1 Å². The fourth-order valence-corrected chi connectivity index (χ4v) is 9.15. The molecule has 11 nitrogen and oxygen atoms in total. The summed E-state index contributed by atoms with van der Waals surface area (Å²) in [5, 5.41) is 20.9. The molecular weight excluding hydrogens is 860 g/mol. The van der Waals surface area contributed by atoms with Crippen LogP contribution in [0.5, 0.6) is 0 Å². The van der Waals surface area contributed by atoms with Crippen molar-refractivity contribution in [3.05, 3.63) is 192 Å². The summed E-state index contributed by atoms with van der Waals surface area (Å²) in [6.45, 7) is 0. The van der Waals surface area contributed by atoms with E-state index in [0.29, 0.717) is 83.6 Å². The van der Waals surface area contributed by atoms with E-state index in [1.165, 1.54) is 6.07 Å². The first-order valence-electron chi connectivity index (χ1n) is 21.4. The van der Waals surface area contributed by atoms with Crippen LogP contribution in [0.3, 0.4) is 0 Å². The third-order valence-corrected chi connectivity index (χ3v) is 12.1. The van der Waals surface area contributed by atoms with Gasteiger partial charge in [0.1, 0.15) is 11.6 Å². The molecular formula is C54H32F3N11. The number of aromatic nitrogens is 6. The van der Waals surface area contributed by atoms with Gasteiger partial charge in [-0.05, 0) is 78.4 Å². The van der Waals surface area contributed by atoms with Crippen molar-refractivity contribution in [3.63, 3.8) is 0 Å². The summed E-state index contributed by atoms with van der Waals surface area (Å²) in [5.74, 6) is 1.99. The molecule has 0 saturated heterocycles. The van der Waals surface area contributed by atoms with Gasteiger partial charge in [0.15, 0.2) is 11.6 Å². The smallest absolute Gasteiger partial charge is 0.346 e. The molecule has 324 valence electrons. The Morgan fingerprint density at radius 3 is 1.49 bits per heavy atom. The molecule has 14 heteroatoms. The molecule has 0 amide bonds. The number of halogens is 3. The Balaban J connectivity index is 1.24. The van der Waals surface area contributed by atoms with E-state index in [2.05, 4.69) is 46.6 Å². The zero-order valence-electron chi connectivity index (χ0n) is 35.5. The topological polar surface area (TPSA) is 134 Å². The van der Waals surface area contributed by atoms with Crippen LogP contribution in [0, 0.1) is 11.3 Å². The van der Waals surface area contributed by atoms with Crippen molar-refractivity contribution in [3.8, 4) is 51.3 Å². The van der Waals surface area contributed by atoms with Crippen LogP contribution in [0.4, 0.5) is 13.2 Å². The van der Waals surface area contributed by atoms with E-state index in [-0.39, 0.29) is 11.4 Å². The molecule has 0 fully saturated rings. The number of hydrogen-bond donors (Lipinski definition) is 2. The van der Waals surface area contributed by atoms with E-state index in [4.69, 9.17) is 0 Å². The molecule has 0 saturated carbocycles. The first-order chi connectivity index (χ1) is 33.3. The van der Waals surface area contributed by atoms with Crippen molar-refractivity contribution in [2.24, 2.45) is 9.98 Å². The molecule has 2 aliphatic heterocycles. The Hall–Kier alpha value is -9.48. The Bertz CT molecular complexity index is 3830. The number of nitriles is 1. The highest BCUT2D eigenvalue weighted by molar-refractivity contribution is 6.12. The molecule has 2 N–H and O–H groups in total. The summed E-state index contributed by atoms with van der Waals surface area (Å²) in [6.07, 6.45) is 12.0. The Labute approximate surface area is 384 Å². The van der Waals surface area contributed by atoms with Gasteiger partial charge in [0, 0.05) is 98.3 Å². The first kappa shape index (κ1) is 40.1. The molecule has 6 aromatic carbocycles. The van der Waals surface area contributed by atoms with Crippen molar-refractivity contribution >= 4 is 67.7 Å². The van der Waals surface area contributed by atoms with E-state index in [1.807, 2.05) is 83.4 Å². The molecule has 0 bridgehead atoms. The number of alkyl halides is 3. The summed E-state index contributed by atoms with van der Waals surface area (Å²) in [6, 6.07) is 38.3. The molecule has 0 radical (unpaired) electrons. The molecule has 68 heavy (non-hydrogen) atoms. The summed E-state index contributed by atoms with van der Waals surface area (Å²) in [4.78, 5) is 27.1. The maximum atomic E-state index is 16.5. The van der Waals surface area contributed by atoms with E-state index in [1.54, 1.807) is 103 Å². The lowest BCUT2D eigenvalue weighted by molar-refractivity contribution is -0.137. The van der Waals surface area contributed by atoms with E-state index < -0.39 is 11.7 Å². The van der Waals surface area contributed by atoms with Crippen molar-refractivity contribution in [1.29, 1.82) is 5.26 Å². The molecule has 4 aromatic heterocycles. The molecule has 0 aliphatic carbocycles. The summed E-state index contributed by atoms with van der Waals surface area (Å²) >= 11 is 0. The zero-order valence-corrected chi connectivity index (χ0v) is 35.5. The largest absolute Gasteiger partial charge is 0.418 e. The van der Waals surface area contributed by atoms with Crippen LogP contribution in [0.2, 0.25) is 0 Å². The maximum absolute atomic E-state index is 16.5. The second-order valence-corrected chi connectivity index (χ2v) is 16.1. The van der Waals surface area contributed by atoms with Crippen molar-refractivity contribution in [2.75, 3.05) is 0 Å². The lowest BCUT2D eigenvalue weighted by Gasteiger charge is -2.22. The standard InChI is InChI=1S/C54H32F3N11/c55-54(56,57)43-30-48(67-44-25-34(50-59-16-2-17-60-50)8-12-38(44)39-13-9-35(26-45(39)67)51-61-18-3-19-62-51)42(33-7-1-6-32(24-33)31-58)29-49(43)68-46-27-36(52-63-20-4-21-64-52)10-14-40(46)41-15-11-37(28-47(41)68)53-65-22-5-23-66-53/h1-30,63,65H. The maximum Gasteiger partial charge on any atom is 0.418 e. The molecule has 0 atom stereocenters. The van der Waals surface area contributed by atoms with Gasteiger partial charge in [-0.2, -0.15) is 18.4 Å². The van der Waals surface area contributed by atoms with Crippen LogP contribution in [-0.2, 0) is 6.18 Å². The van der Waals surface area contributed by atoms with Crippen LogP contribution in [0.25, 0.3) is 101 Å². The SMILES string of the molecule is N#Cc1cccc(-c2cc(-n3c4cc(=C5N=CC=CN5)ccc4c4ccc(=C5N=CC=CN5)cc43)c(C(F)(F)F)cc2-n2c3cc(-c4ncccn4)ccc3c3ccc(-c4ncccn4)cc32)c1. The average Bonchev–Trinajstić information content (AvgIpc) is 3.90. The summed E-state index contributed by atoms with van der Waals surface area (Å²) < 4.78 is 53.0. The van der Waals surface area contributed by atoms with E-state index in [0.717, 1.165) is 21.5 Å². The Kier molecular flexibility index (Phi) is 9.36. The van der Waals surface area contributed by atoms with Crippen molar-refractivity contribution in [2.45, 2.75) is 6.18 Å². The highest BCUT2D eigenvalue weighted by Crippen LogP contribution is 2.45. The number of fused-ring (bicyclic) bond motifs is 6. The normalized spacial score (nSPS) is 15.0. The van der Waals surface area contributed by atoms with Gasteiger partial charge in [-0.25, -0.2) is 29.9 Å². The fraction of sp³-hybridized carbons (Fsp3) is 0.0185. The van der Waals surface area contributed by atoms with Gasteiger partial charge in [0.05, 0.1) is 50.6 Å². The second-order valence-electron chi connectivity index (χ2n) is 16.1. The minimum atomic E-state index is -4.89. The quantitative estimate of drug-likeness (QED) is 0.176. The number of nitrogens with one attached hydrogen (secondary N) is 2. The summed E-state index contributed by atoms with van der Waals surface area (Å²) in [5.41, 5.74) is 4.11. The van der Waals surface area contributed by atoms with E-state index in [9.17, 15) is 5.26 Å². The predicted octanol–water partition coefficient (Wildman–Crippen LogP) is 9.86. The van der Waals surface area contributed by atoms with Gasteiger partial charge >= 0.3 is 6.18 Å². The molecule has 6 heterocycles. The lowest BCUT2D eigenvalue weighted by atomic mass is 9.97. The van der Waals surface area contributed by atoms with Crippen molar-refractivity contribution < 1.29 is 13.2 Å². The second kappa shape index (κ2) is 15.9. The van der Waals surface area contributed by atoms with Crippen LogP contribution in [0.15, 0.2) is 181 Å². The molecule has 2 aliphatic rings. The minimum Gasteiger partial charge on any atom is -0.346 e. The number of aliphatic imine (C=N–C) groups is 2. The number of allylic oxidation sites excluding steroid dienone is 2. The number of nitrogens with zero attached hydrogens (tertiary/aromatic N) is 9. The lowest BCUT2D eigenvalue weighted by Crippen LogP contribution is -2.18. The molecule has 0 spiro atoms. The third kappa shape index (κ3) is 6.76. The molecule has 12 rings (SSSR count). The van der Waals surface area contributed by atoms with Gasteiger partial charge < -0.3 is 19.8 Å². The average molecular weight is 892 g/mol. The van der Waals surface area contributed by atoms with Gasteiger partial charge in [0.25, 0.3) is 0 Å². The molecule has 0 unspecified atom stereocenters. The third-order valence-electron chi connectivity index (χ3n) is 12.1. The predicted molar refractivity (Wildman–Crippen MR) is 260 cm³/mol. The first-order valence-corrected chi connectivity index (χ1v) is 21.4. The van der Waals surface area contributed by atoms with Crippen LogP contribution < -0.4 is 21.1 Å². The monoisotopic (exact) mass is 891 g/mol. The number of benzene rings is 6. The van der Waals surface area contributed by atoms with Gasteiger partial charge in [-0.15, -0.1) is 0 Å². The highest BCUT2D eigenvalue weighted by atomic mass is 19.4. The Morgan fingerprint density at radius 2 is 1.00 bits per heavy atom.